The number of hydrogen-bond donors (Lipinski definition) is 5. The van der Waals surface area contributed by atoms with E-state index < -0.39 is 12.3 Å². The van der Waals surface area contributed by atoms with Crippen LogP contribution >= 0.6 is 11.8 Å². The minimum absolute atomic E-state index is 0.0488. The van der Waals surface area contributed by atoms with E-state index >= 15 is 0 Å². The zero-order valence-electron chi connectivity index (χ0n) is 27.0. The van der Waals surface area contributed by atoms with Crippen LogP contribution in [0.2, 0.25) is 0 Å². The molecule has 2 amide bonds. The molecule has 0 spiro atoms. The predicted octanol–water partition coefficient (Wildman–Crippen LogP) is 7.32. The van der Waals surface area contributed by atoms with Crippen LogP contribution in [-0.2, 0) is 25.7 Å². The van der Waals surface area contributed by atoms with Crippen molar-refractivity contribution in [2.75, 3.05) is 22.1 Å². The van der Waals surface area contributed by atoms with Crippen molar-refractivity contribution in [2.45, 2.75) is 68.5 Å². The largest absolute Gasteiger partial charge is 0.478 e. The van der Waals surface area contributed by atoms with Crippen LogP contribution in [0.25, 0.3) is 0 Å². The van der Waals surface area contributed by atoms with E-state index in [0.29, 0.717) is 59.8 Å². The Labute approximate surface area is 290 Å². The second kappa shape index (κ2) is 17.6. The van der Waals surface area contributed by atoms with Crippen LogP contribution in [0, 0.1) is 0 Å². The summed E-state index contributed by atoms with van der Waals surface area (Å²) in [4.78, 5) is 37.2. The Hall–Kier alpha value is -4.68. The molecule has 3 atom stereocenters. The SMILES string of the molecule is Nc1ccccc1NC(=O)CCCCCC(=O)Nc1ccc([C@H]2O[C@@H](CSc3ccccc3C(=O)O)C[C@@H](c3ccc(CO)cc3)O2)cc1. The second-order valence-corrected chi connectivity index (χ2v) is 12.9. The Morgan fingerprint density at radius 3 is 2.12 bits per heavy atom. The lowest BCUT2D eigenvalue weighted by Crippen LogP contribution is -2.31. The van der Waals surface area contributed by atoms with Crippen molar-refractivity contribution < 1.29 is 34.1 Å². The van der Waals surface area contributed by atoms with Crippen LogP contribution in [0.5, 0.6) is 0 Å². The summed E-state index contributed by atoms with van der Waals surface area (Å²) < 4.78 is 12.8. The molecule has 0 bridgehead atoms. The number of nitrogens with one attached hydrogen (secondary N) is 2. The average Bonchev–Trinajstić information content (AvgIpc) is 3.12. The molecule has 0 saturated carbocycles. The topological polar surface area (TPSA) is 160 Å². The molecule has 49 heavy (non-hydrogen) atoms. The molecule has 1 aliphatic rings. The lowest BCUT2D eigenvalue weighted by molar-refractivity contribution is -0.245. The van der Waals surface area contributed by atoms with Crippen molar-refractivity contribution in [3.8, 4) is 0 Å². The number of aromatic carboxylic acids is 1. The highest BCUT2D eigenvalue weighted by atomic mass is 32.2. The maximum absolute atomic E-state index is 12.6. The van der Waals surface area contributed by atoms with E-state index in [4.69, 9.17) is 15.2 Å². The molecular formula is C38H41N3O7S. The number of carboxylic acid groups (broad SMARTS) is 1. The van der Waals surface area contributed by atoms with Gasteiger partial charge in [0.15, 0.2) is 6.29 Å². The van der Waals surface area contributed by atoms with Crippen molar-refractivity contribution >= 4 is 46.6 Å². The van der Waals surface area contributed by atoms with Gasteiger partial charge in [-0.2, -0.15) is 0 Å². The molecule has 5 rings (SSSR count). The zero-order chi connectivity index (χ0) is 34.6. The minimum Gasteiger partial charge on any atom is -0.478 e. The molecule has 1 aliphatic heterocycles. The second-order valence-electron chi connectivity index (χ2n) is 11.8. The molecule has 11 heteroatoms. The number of rotatable bonds is 15. The standard InChI is InChI=1S/C38H41N3O7S/c39-31-9-5-6-10-32(31)41-36(44)13-3-1-2-12-35(43)40-28-20-18-27(19-21-28)38-47-29(24-49-34-11-7-4-8-30(34)37(45)46)22-33(48-38)26-16-14-25(23-42)15-17-26/h4-11,14-21,29,33,38,42H,1-3,12-13,22-24,39H2,(H,40,43)(H,41,44)(H,45,46)/t29-,33+,38+/m1/s1. The number of ether oxygens (including phenoxy) is 2. The minimum atomic E-state index is -0.974. The summed E-state index contributed by atoms with van der Waals surface area (Å²) in [6.07, 6.45) is 2.12. The molecule has 1 fully saturated rings. The Kier molecular flexibility index (Phi) is 12.8. The summed E-state index contributed by atoms with van der Waals surface area (Å²) in [6, 6.07) is 29.0. The maximum atomic E-state index is 12.6. The van der Waals surface area contributed by atoms with Gasteiger partial charge in [-0.15, -0.1) is 11.8 Å². The number of carbonyl (C=O) groups is 3. The van der Waals surface area contributed by atoms with Gasteiger partial charge in [0.25, 0.3) is 0 Å². The van der Waals surface area contributed by atoms with Gasteiger partial charge >= 0.3 is 5.97 Å². The van der Waals surface area contributed by atoms with E-state index in [-0.39, 0.29) is 36.2 Å². The highest BCUT2D eigenvalue weighted by Gasteiger charge is 2.32. The van der Waals surface area contributed by atoms with Crippen molar-refractivity contribution in [2.24, 2.45) is 0 Å². The van der Waals surface area contributed by atoms with Gasteiger partial charge in [-0.05, 0) is 60.4 Å². The van der Waals surface area contributed by atoms with E-state index in [1.54, 1.807) is 30.3 Å². The van der Waals surface area contributed by atoms with Gasteiger partial charge in [-0.3, -0.25) is 9.59 Å². The molecule has 10 nitrogen and oxygen atoms in total. The summed E-state index contributed by atoms with van der Waals surface area (Å²) in [5.74, 6) is -0.661. The van der Waals surface area contributed by atoms with Crippen LogP contribution in [0.15, 0.2) is 102 Å². The molecule has 0 aliphatic carbocycles. The third-order valence-electron chi connectivity index (χ3n) is 8.17. The highest BCUT2D eigenvalue weighted by molar-refractivity contribution is 7.99. The number of amides is 2. The van der Waals surface area contributed by atoms with Crippen LogP contribution in [0.1, 0.15) is 78.0 Å². The van der Waals surface area contributed by atoms with Gasteiger partial charge in [0.2, 0.25) is 11.8 Å². The molecule has 256 valence electrons. The van der Waals surface area contributed by atoms with Gasteiger partial charge in [0, 0.05) is 41.2 Å². The van der Waals surface area contributed by atoms with Gasteiger partial charge < -0.3 is 36.1 Å². The number of carboxylic acids is 1. The third-order valence-corrected chi connectivity index (χ3v) is 9.37. The first-order valence-corrected chi connectivity index (χ1v) is 17.3. The number of anilines is 3. The first kappa shape index (κ1) is 35.6. The third kappa shape index (κ3) is 10.4. The summed E-state index contributed by atoms with van der Waals surface area (Å²) in [7, 11) is 0. The Morgan fingerprint density at radius 1 is 0.776 bits per heavy atom. The summed E-state index contributed by atoms with van der Waals surface area (Å²) >= 11 is 1.44. The average molecular weight is 684 g/mol. The first-order valence-electron chi connectivity index (χ1n) is 16.3. The molecule has 6 N–H and O–H groups in total. The Morgan fingerprint density at radius 2 is 1.43 bits per heavy atom. The predicted molar refractivity (Wildman–Crippen MR) is 190 cm³/mol. The van der Waals surface area contributed by atoms with Crippen molar-refractivity contribution in [1.82, 2.24) is 0 Å². The summed E-state index contributed by atoms with van der Waals surface area (Å²) in [6.45, 7) is -0.0488. The van der Waals surface area contributed by atoms with Gasteiger partial charge in [-0.25, -0.2) is 4.79 Å². The van der Waals surface area contributed by atoms with Crippen LogP contribution in [0.4, 0.5) is 17.1 Å². The number of hydrogen-bond acceptors (Lipinski definition) is 8. The number of thioether (sulfide) groups is 1. The number of benzene rings is 4. The molecule has 4 aromatic carbocycles. The van der Waals surface area contributed by atoms with E-state index in [0.717, 1.165) is 23.1 Å². The number of para-hydroxylation sites is 2. The molecular weight excluding hydrogens is 642 g/mol. The number of nitrogens with two attached hydrogens (primary N) is 1. The summed E-state index contributed by atoms with van der Waals surface area (Å²) in [5.41, 5.74) is 10.4. The fourth-order valence-corrected chi connectivity index (χ4v) is 6.56. The van der Waals surface area contributed by atoms with Crippen molar-refractivity contribution in [3.63, 3.8) is 0 Å². The van der Waals surface area contributed by atoms with Crippen LogP contribution < -0.4 is 16.4 Å². The van der Waals surface area contributed by atoms with E-state index in [1.165, 1.54) is 11.8 Å². The van der Waals surface area contributed by atoms with E-state index in [9.17, 15) is 24.6 Å². The number of aliphatic hydroxyl groups is 1. The quantitative estimate of drug-likeness (QED) is 0.0491. The van der Waals surface area contributed by atoms with Crippen LogP contribution in [0.3, 0.4) is 0 Å². The molecule has 0 aromatic heterocycles. The highest BCUT2D eigenvalue weighted by Crippen LogP contribution is 2.40. The summed E-state index contributed by atoms with van der Waals surface area (Å²) in [5, 5.41) is 24.8. The Bertz CT molecular complexity index is 1720. The fourth-order valence-electron chi connectivity index (χ4n) is 5.49. The van der Waals surface area contributed by atoms with Crippen molar-refractivity contribution in [1.29, 1.82) is 0 Å². The zero-order valence-corrected chi connectivity index (χ0v) is 27.9. The number of carbonyl (C=O) groups excluding carboxylic acids is 2. The normalized spacial score (nSPS) is 17.3. The number of unbranched alkanes of at least 4 members (excludes halogenated alkanes) is 2. The van der Waals surface area contributed by atoms with Gasteiger partial charge in [0.05, 0.1) is 35.8 Å². The lowest BCUT2D eigenvalue weighted by Gasteiger charge is -2.36. The Balaban J connectivity index is 1.14. The smallest absolute Gasteiger partial charge is 0.336 e. The number of nitrogen functional groups attached to an aromatic ring is 1. The molecule has 0 radical (unpaired) electrons. The molecule has 0 unspecified atom stereocenters. The van der Waals surface area contributed by atoms with E-state index in [1.807, 2.05) is 66.7 Å². The van der Waals surface area contributed by atoms with E-state index in [2.05, 4.69) is 10.6 Å². The maximum Gasteiger partial charge on any atom is 0.336 e. The molecule has 1 saturated heterocycles. The van der Waals surface area contributed by atoms with Gasteiger partial charge in [-0.1, -0.05) is 67.1 Å². The first-order chi connectivity index (χ1) is 23.8. The van der Waals surface area contributed by atoms with Gasteiger partial charge in [0.1, 0.15) is 0 Å². The number of aliphatic hydroxyl groups excluding tert-OH is 1. The fraction of sp³-hybridized carbons (Fsp3) is 0.289. The van der Waals surface area contributed by atoms with Crippen LogP contribution in [-0.4, -0.2) is 39.9 Å². The molecule has 1 heterocycles. The monoisotopic (exact) mass is 683 g/mol. The van der Waals surface area contributed by atoms with Crippen molar-refractivity contribution in [3.05, 3.63) is 119 Å². The lowest BCUT2D eigenvalue weighted by atomic mass is 10.0. The molecule has 4 aromatic rings.